The van der Waals surface area contributed by atoms with E-state index in [0.717, 1.165) is 18.8 Å². The summed E-state index contributed by atoms with van der Waals surface area (Å²) in [5.74, 6) is 0.386. The third-order valence-corrected chi connectivity index (χ3v) is 4.60. The molecule has 1 aromatic carbocycles. The van der Waals surface area contributed by atoms with E-state index in [-0.39, 0.29) is 23.9 Å². The number of rotatable bonds is 1. The molecular formula is C15H16FN5O. The molecule has 114 valence electrons. The van der Waals surface area contributed by atoms with Gasteiger partial charge in [0.05, 0.1) is 12.1 Å². The number of amides is 2. The van der Waals surface area contributed by atoms with Crippen molar-refractivity contribution in [1.82, 2.24) is 20.2 Å². The lowest BCUT2D eigenvalue weighted by molar-refractivity contribution is 0.212. The van der Waals surface area contributed by atoms with Crippen LogP contribution in [0, 0.1) is 5.82 Å². The van der Waals surface area contributed by atoms with Crippen molar-refractivity contribution in [3.8, 4) is 0 Å². The average Bonchev–Trinajstić information content (AvgIpc) is 2.81. The van der Waals surface area contributed by atoms with Crippen LogP contribution in [0.4, 0.5) is 15.0 Å². The Morgan fingerprint density at radius 1 is 1.36 bits per heavy atom. The summed E-state index contributed by atoms with van der Waals surface area (Å²) < 4.78 is 13.9. The Hall–Kier alpha value is -2.44. The van der Waals surface area contributed by atoms with Crippen LogP contribution in [0.15, 0.2) is 24.5 Å². The van der Waals surface area contributed by atoms with Crippen molar-refractivity contribution < 1.29 is 9.18 Å². The highest BCUT2D eigenvalue weighted by Crippen LogP contribution is 2.29. The molecule has 2 aliphatic heterocycles. The van der Waals surface area contributed by atoms with Gasteiger partial charge in [0.2, 0.25) is 0 Å². The summed E-state index contributed by atoms with van der Waals surface area (Å²) in [4.78, 5) is 24.0. The number of nitrogens with one attached hydrogen (secondary N) is 1. The standard InChI is InChI=1S/C15H16FN5O/c1-20-12-5-6-21(7-11(12)19-15(20)22)14-9-3-2-4-10(16)13(9)17-8-18-14/h2-4,8,11-12H,5-7H2,1H3,(H,19,22)/t11-,12+/m1/s1. The molecule has 7 heteroatoms. The summed E-state index contributed by atoms with van der Waals surface area (Å²) in [6.45, 7) is 1.45. The number of hydrogen-bond acceptors (Lipinski definition) is 4. The highest BCUT2D eigenvalue weighted by atomic mass is 19.1. The third kappa shape index (κ3) is 1.88. The number of para-hydroxylation sites is 1. The van der Waals surface area contributed by atoms with Crippen LogP contribution in [-0.4, -0.2) is 53.1 Å². The van der Waals surface area contributed by atoms with E-state index >= 15 is 0 Å². The number of carbonyl (C=O) groups excluding carboxylic acids is 1. The molecule has 2 aromatic rings. The Labute approximate surface area is 126 Å². The zero-order valence-electron chi connectivity index (χ0n) is 12.2. The summed E-state index contributed by atoms with van der Waals surface area (Å²) in [6, 6.07) is 5.16. The van der Waals surface area contributed by atoms with Crippen molar-refractivity contribution in [2.45, 2.75) is 18.5 Å². The quantitative estimate of drug-likeness (QED) is 0.864. The van der Waals surface area contributed by atoms with Gasteiger partial charge in [0, 0.05) is 25.5 Å². The number of likely N-dealkylation sites (N-methyl/N-ethyl adjacent to an activating group) is 1. The maximum Gasteiger partial charge on any atom is 0.317 e. The van der Waals surface area contributed by atoms with Gasteiger partial charge in [-0.2, -0.15) is 0 Å². The molecule has 0 unspecified atom stereocenters. The van der Waals surface area contributed by atoms with Crippen LogP contribution in [0.2, 0.25) is 0 Å². The highest BCUT2D eigenvalue weighted by molar-refractivity contribution is 5.89. The number of hydrogen-bond donors (Lipinski definition) is 1. The lowest BCUT2D eigenvalue weighted by Crippen LogP contribution is -2.51. The zero-order valence-corrected chi connectivity index (χ0v) is 12.2. The fraction of sp³-hybridized carbons (Fsp3) is 0.400. The molecule has 2 saturated heterocycles. The van der Waals surface area contributed by atoms with Gasteiger partial charge in [0.25, 0.3) is 0 Å². The minimum Gasteiger partial charge on any atom is -0.354 e. The first-order chi connectivity index (χ1) is 10.6. The summed E-state index contributed by atoms with van der Waals surface area (Å²) in [5, 5.41) is 3.70. The molecule has 6 nitrogen and oxygen atoms in total. The number of carbonyl (C=O) groups is 1. The van der Waals surface area contributed by atoms with E-state index in [2.05, 4.69) is 20.2 Å². The van der Waals surface area contributed by atoms with Gasteiger partial charge in [-0.05, 0) is 18.6 Å². The van der Waals surface area contributed by atoms with Gasteiger partial charge >= 0.3 is 6.03 Å². The van der Waals surface area contributed by atoms with Crippen LogP contribution in [0.25, 0.3) is 10.9 Å². The van der Waals surface area contributed by atoms with E-state index in [9.17, 15) is 9.18 Å². The smallest absolute Gasteiger partial charge is 0.317 e. The molecule has 1 N–H and O–H groups in total. The van der Waals surface area contributed by atoms with E-state index in [1.54, 1.807) is 11.0 Å². The van der Waals surface area contributed by atoms with Gasteiger partial charge in [-0.3, -0.25) is 0 Å². The van der Waals surface area contributed by atoms with Crippen molar-refractivity contribution in [2.75, 3.05) is 25.0 Å². The molecule has 0 aliphatic carbocycles. The van der Waals surface area contributed by atoms with Crippen molar-refractivity contribution >= 4 is 22.8 Å². The van der Waals surface area contributed by atoms with E-state index < -0.39 is 0 Å². The summed E-state index contributed by atoms with van der Waals surface area (Å²) in [5.41, 5.74) is 0.335. The monoisotopic (exact) mass is 301 g/mol. The number of urea groups is 1. The third-order valence-electron chi connectivity index (χ3n) is 4.60. The Morgan fingerprint density at radius 3 is 3.09 bits per heavy atom. The van der Waals surface area contributed by atoms with Gasteiger partial charge in [0.15, 0.2) is 0 Å². The number of aromatic nitrogens is 2. The summed E-state index contributed by atoms with van der Waals surface area (Å²) >= 11 is 0. The van der Waals surface area contributed by atoms with Crippen LogP contribution in [0.5, 0.6) is 0 Å². The first-order valence-corrected chi connectivity index (χ1v) is 7.32. The average molecular weight is 301 g/mol. The predicted molar refractivity (Wildman–Crippen MR) is 80.2 cm³/mol. The lowest BCUT2D eigenvalue weighted by Gasteiger charge is -2.36. The van der Waals surface area contributed by atoms with Crippen LogP contribution in [-0.2, 0) is 0 Å². The lowest BCUT2D eigenvalue weighted by atomic mass is 10.00. The largest absolute Gasteiger partial charge is 0.354 e. The number of anilines is 1. The van der Waals surface area contributed by atoms with E-state index in [0.29, 0.717) is 17.4 Å². The van der Waals surface area contributed by atoms with Crippen LogP contribution >= 0.6 is 0 Å². The second-order valence-corrected chi connectivity index (χ2v) is 5.80. The molecule has 3 heterocycles. The van der Waals surface area contributed by atoms with Gasteiger partial charge in [-0.25, -0.2) is 19.2 Å². The Kier molecular flexibility index (Phi) is 2.88. The van der Waals surface area contributed by atoms with Crippen LogP contribution in [0.3, 0.4) is 0 Å². The topological polar surface area (TPSA) is 61.4 Å². The van der Waals surface area contributed by atoms with E-state index in [1.165, 1.54) is 12.4 Å². The normalized spacial score (nSPS) is 24.5. The molecular weight excluding hydrogens is 285 g/mol. The van der Waals surface area contributed by atoms with E-state index in [1.807, 2.05) is 13.1 Å². The second-order valence-electron chi connectivity index (χ2n) is 5.80. The van der Waals surface area contributed by atoms with Crippen LogP contribution in [0.1, 0.15) is 6.42 Å². The number of piperidine rings is 1. The highest BCUT2D eigenvalue weighted by Gasteiger charge is 2.41. The molecule has 2 atom stereocenters. The molecule has 0 spiro atoms. The van der Waals surface area contributed by atoms with Gasteiger partial charge in [0.1, 0.15) is 23.5 Å². The van der Waals surface area contributed by atoms with Gasteiger partial charge in [-0.1, -0.05) is 6.07 Å². The Morgan fingerprint density at radius 2 is 2.23 bits per heavy atom. The van der Waals surface area contributed by atoms with Crippen molar-refractivity contribution in [1.29, 1.82) is 0 Å². The fourth-order valence-electron chi connectivity index (χ4n) is 3.44. The van der Waals surface area contributed by atoms with Crippen LogP contribution < -0.4 is 10.2 Å². The molecule has 0 bridgehead atoms. The molecule has 2 aliphatic rings. The Bertz CT molecular complexity index is 752. The molecule has 1 aromatic heterocycles. The first kappa shape index (κ1) is 13.2. The minimum absolute atomic E-state index is 0.0320. The maximum atomic E-state index is 13.9. The second kappa shape index (κ2) is 4.79. The fourth-order valence-corrected chi connectivity index (χ4v) is 3.44. The number of fused-ring (bicyclic) bond motifs is 2. The zero-order chi connectivity index (χ0) is 15.3. The summed E-state index contributed by atoms with van der Waals surface area (Å²) in [6.07, 6.45) is 2.26. The first-order valence-electron chi connectivity index (χ1n) is 7.32. The molecule has 2 amide bonds. The van der Waals surface area contributed by atoms with Crippen molar-refractivity contribution in [2.24, 2.45) is 0 Å². The molecule has 0 saturated carbocycles. The van der Waals surface area contributed by atoms with Gasteiger partial charge < -0.3 is 15.1 Å². The van der Waals surface area contributed by atoms with Crippen molar-refractivity contribution in [3.63, 3.8) is 0 Å². The molecule has 2 fully saturated rings. The maximum absolute atomic E-state index is 13.9. The number of halogens is 1. The molecule has 0 radical (unpaired) electrons. The van der Waals surface area contributed by atoms with Gasteiger partial charge in [-0.15, -0.1) is 0 Å². The molecule has 22 heavy (non-hydrogen) atoms. The van der Waals surface area contributed by atoms with Crippen molar-refractivity contribution in [3.05, 3.63) is 30.3 Å². The number of nitrogens with zero attached hydrogens (tertiary/aromatic N) is 4. The van der Waals surface area contributed by atoms with E-state index in [4.69, 9.17) is 0 Å². The minimum atomic E-state index is -0.343. The number of benzene rings is 1. The summed E-state index contributed by atoms with van der Waals surface area (Å²) in [7, 11) is 1.82. The SMILES string of the molecule is CN1C(=O)N[C@@H]2CN(c3ncnc4c(F)cccc34)CC[C@@H]21. The predicted octanol–water partition coefficient (Wildman–Crippen LogP) is 1.37. The molecule has 4 rings (SSSR count). The Balaban J connectivity index is 1.69.